The van der Waals surface area contributed by atoms with E-state index < -0.39 is 5.97 Å². The number of hydrogen-bond donors (Lipinski definition) is 1. The van der Waals surface area contributed by atoms with Crippen LogP contribution in [0.5, 0.6) is 0 Å². The van der Waals surface area contributed by atoms with Gasteiger partial charge < -0.3 is 10.1 Å². The minimum Gasteiger partial charge on any atom is -0.469 e. The zero-order valence-corrected chi connectivity index (χ0v) is 9.83. The van der Waals surface area contributed by atoms with Crippen molar-refractivity contribution in [2.75, 3.05) is 20.2 Å². The summed E-state index contributed by atoms with van der Waals surface area (Å²) in [6.45, 7) is 1.73. The number of halogens is 1. The number of benzene rings is 1. The molecule has 4 heteroatoms. The van der Waals surface area contributed by atoms with Gasteiger partial charge in [-0.2, -0.15) is 0 Å². The molecular weight excluding hydrogens is 221 g/mol. The summed E-state index contributed by atoms with van der Waals surface area (Å²) >= 11 is 0. The zero-order valence-electron chi connectivity index (χ0n) is 9.83. The molecule has 1 atom stereocenters. The van der Waals surface area contributed by atoms with Crippen LogP contribution >= 0.6 is 0 Å². The van der Waals surface area contributed by atoms with Crippen LogP contribution in [0.1, 0.15) is 23.5 Å². The molecule has 0 spiro atoms. The molecule has 1 aliphatic heterocycles. The first-order valence-corrected chi connectivity index (χ1v) is 5.77. The first-order chi connectivity index (χ1) is 8.22. The van der Waals surface area contributed by atoms with Gasteiger partial charge >= 0.3 is 5.97 Å². The summed E-state index contributed by atoms with van der Waals surface area (Å²) in [7, 11) is 1.31. The fourth-order valence-corrected chi connectivity index (χ4v) is 2.20. The van der Waals surface area contributed by atoms with Crippen molar-refractivity contribution in [3.8, 4) is 0 Å². The lowest BCUT2D eigenvalue weighted by molar-refractivity contribution is -0.139. The van der Waals surface area contributed by atoms with Crippen molar-refractivity contribution >= 4 is 5.97 Å². The number of rotatable bonds is 3. The standard InChI is InChI=1S/C13H16FNO2/c1-17-12(16)7-9-3-2-4-11(13(9)14)10-5-6-15-8-10/h2-4,10,15H,5-8H2,1H3. The quantitative estimate of drug-likeness (QED) is 0.812. The largest absolute Gasteiger partial charge is 0.469 e. The second kappa shape index (κ2) is 5.27. The van der Waals surface area contributed by atoms with Crippen LogP contribution in [0.2, 0.25) is 0 Å². The van der Waals surface area contributed by atoms with E-state index in [1.165, 1.54) is 7.11 Å². The third kappa shape index (κ3) is 2.64. The highest BCUT2D eigenvalue weighted by Gasteiger charge is 2.21. The predicted molar refractivity (Wildman–Crippen MR) is 62.3 cm³/mol. The van der Waals surface area contributed by atoms with Crippen LogP contribution in [0.3, 0.4) is 0 Å². The third-order valence-corrected chi connectivity index (χ3v) is 3.17. The average molecular weight is 237 g/mol. The maximum Gasteiger partial charge on any atom is 0.310 e. The molecule has 2 rings (SSSR count). The fraction of sp³-hybridized carbons (Fsp3) is 0.462. The molecule has 1 aromatic rings. The number of hydrogen-bond acceptors (Lipinski definition) is 3. The number of nitrogens with one attached hydrogen (secondary N) is 1. The van der Waals surface area contributed by atoms with E-state index in [4.69, 9.17) is 0 Å². The molecule has 1 N–H and O–H groups in total. The van der Waals surface area contributed by atoms with E-state index in [-0.39, 0.29) is 18.2 Å². The first-order valence-electron chi connectivity index (χ1n) is 5.77. The van der Waals surface area contributed by atoms with Crippen molar-refractivity contribution in [3.05, 3.63) is 35.1 Å². The Morgan fingerprint density at radius 1 is 1.59 bits per heavy atom. The lowest BCUT2D eigenvalue weighted by atomic mass is 9.95. The zero-order chi connectivity index (χ0) is 12.3. The van der Waals surface area contributed by atoms with Gasteiger partial charge in [-0.3, -0.25) is 4.79 Å². The Balaban J connectivity index is 2.23. The Labute approximate surface area is 100.0 Å². The maximum absolute atomic E-state index is 14.2. The summed E-state index contributed by atoms with van der Waals surface area (Å²) in [6.07, 6.45) is 0.939. The van der Waals surface area contributed by atoms with Crippen molar-refractivity contribution in [1.29, 1.82) is 0 Å². The van der Waals surface area contributed by atoms with Gasteiger partial charge in [-0.25, -0.2) is 4.39 Å². The van der Waals surface area contributed by atoms with E-state index in [9.17, 15) is 9.18 Å². The summed E-state index contributed by atoms with van der Waals surface area (Å²) in [4.78, 5) is 11.2. The SMILES string of the molecule is COC(=O)Cc1cccc(C2CCNC2)c1F. The lowest BCUT2D eigenvalue weighted by Gasteiger charge is -2.12. The Kier molecular flexibility index (Phi) is 3.74. The highest BCUT2D eigenvalue weighted by molar-refractivity contribution is 5.72. The summed E-state index contributed by atoms with van der Waals surface area (Å²) in [5, 5.41) is 3.21. The van der Waals surface area contributed by atoms with E-state index >= 15 is 0 Å². The van der Waals surface area contributed by atoms with Gasteiger partial charge in [0.15, 0.2) is 0 Å². The number of esters is 1. The van der Waals surface area contributed by atoms with Gasteiger partial charge in [-0.1, -0.05) is 18.2 Å². The molecule has 92 valence electrons. The van der Waals surface area contributed by atoms with E-state index in [1.54, 1.807) is 18.2 Å². The fourth-order valence-electron chi connectivity index (χ4n) is 2.20. The summed E-state index contributed by atoms with van der Waals surface area (Å²) < 4.78 is 18.7. The highest BCUT2D eigenvalue weighted by Crippen LogP contribution is 2.26. The minimum absolute atomic E-state index is 0.00365. The number of carbonyl (C=O) groups is 1. The molecule has 0 saturated carbocycles. The Morgan fingerprint density at radius 2 is 2.41 bits per heavy atom. The van der Waals surface area contributed by atoms with E-state index in [2.05, 4.69) is 10.1 Å². The summed E-state index contributed by atoms with van der Waals surface area (Å²) in [5.41, 5.74) is 1.12. The lowest BCUT2D eigenvalue weighted by Crippen LogP contribution is -2.11. The van der Waals surface area contributed by atoms with Crippen LogP contribution in [0.4, 0.5) is 4.39 Å². The van der Waals surface area contributed by atoms with Crippen molar-refractivity contribution in [1.82, 2.24) is 5.32 Å². The van der Waals surface area contributed by atoms with Gasteiger partial charge in [-0.15, -0.1) is 0 Å². The molecule has 0 aromatic heterocycles. The molecule has 3 nitrogen and oxygen atoms in total. The van der Waals surface area contributed by atoms with Gasteiger partial charge in [0.25, 0.3) is 0 Å². The molecule has 0 radical (unpaired) electrons. The number of carbonyl (C=O) groups excluding carboxylic acids is 1. The molecule has 0 bridgehead atoms. The second-order valence-electron chi connectivity index (χ2n) is 4.26. The Morgan fingerprint density at radius 3 is 3.06 bits per heavy atom. The average Bonchev–Trinajstić information content (AvgIpc) is 2.85. The van der Waals surface area contributed by atoms with Crippen LogP contribution in [-0.4, -0.2) is 26.2 Å². The molecule has 1 heterocycles. The first kappa shape index (κ1) is 12.0. The van der Waals surface area contributed by atoms with Crippen LogP contribution in [0, 0.1) is 5.82 Å². The van der Waals surface area contributed by atoms with E-state index in [1.807, 2.05) is 0 Å². The Hall–Kier alpha value is -1.42. The smallest absolute Gasteiger partial charge is 0.310 e. The van der Waals surface area contributed by atoms with Crippen molar-refractivity contribution in [2.45, 2.75) is 18.8 Å². The second-order valence-corrected chi connectivity index (χ2v) is 4.26. The minimum atomic E-state index is -0.411. The topological polar surface area (TPSA) is 38.3 Å². The molecule has 0 aliphatic carbocycles. The predicted octanol–water partition coefficient (Wildman–Crippen LogP) is 1.62. The summed E-state index contributed by atoms with van der Waals surface area (Å²) in [6, 6.07) is 5.24. The molecular formula is C13H16FNO2. The van der Waals surface area contributed by atoms with Gasteiger partial charge in [-0.05, 0) is 24.1 Å². The number of ether oxygens (including phenoxy) is 1. The highest BCUT2D eigenvalue weighted by atomic mass is 19.1. The monoisotopic (exact) mass is 237 g/mol. The maximum atomic E-state index is 14.2. The van der Waals surface area contributed by atoms with E-state index in [0.29, 0.717) is 11.1 Å². The molecule has 1 saturated heterocycles. The van der Waals surface area contributed by atoms with Gasteiger partial charge in [0.05, 0.1) is 13.5 Å². The van der Waals surface area contributed by atoms with Crippen molar-refractivity contribution < 1.29 is 13.9 Å². The van der Waals surface area contributed by atoms with Gasteiger partial charge in [0.2, 0.25) is 0 Å². The van der Waals surface area contributed by atoms with E-state index in [0.717, 1.165) is 19.5 Å². The third-order valence-electron chi connectivity index (χ3n) is 3.17. The van der Waals surface area contributed by atoms with Crippen LogP contribution in [-0.2, 0) is 16.0 Å². The number of methoxy groups -OCH3 is 1. The van der Waals surface area contributed by atoms with Crippen molar-refractivity contribution in [2.24, 2.45) is 0 Å². The summed E-state index contributed by atoms with van der Waals surface area (Å²) in [5.74, 6) is -0.454. The normalized spacial score (nSPS) is 19.3. The van der Waals surface area contributed by atoms with Gasteiger partial charge in [0, 0.05) is 12.5 Å². The van der Waals surface area contributed by atoms with Crippen LogP contribution in [0.15, 0.2) is 18.2 Å². The molecule has 17 heavy (non-hydrogen) atoms. The van der Waals surface area contributed by atoms with Crippen LogP contribution < -0.4 is 5.32 Å². The van der Waals surface area contributed by atoms with Crippen LogP contribution in [0.25, 0.3) is 0 Å². The molecule has 1 unspecified atom stereocenters. The van der Waals surface area contributed by atoms with Gasteiger partial charge in [0.1, 0.15) is 5.82 Å². The molecule has 1 aliphatic rings. The Bertz CT molecular complexity index is 414. The molecule has 0 amide bonds. The molecule has 1 fully saturated rings. The van der Waals surface area contributed by atoms with Crippen molar-refractivity contribution in [3.63, 3.8) is 0 Å². The molecule has 1 aromatic carbocycles.